The van der Waals surface area contributed by atoms with E-state index >= 15 is 0 Å². The number of H-pyrrole nitrogens is 1. The van der Waals surface area contributed by atoms with Gasteiger partial charge in [0, 0.05) is 5.56 Å². The molecule has 68 valence electrons. The molecule has 0 spiro atoms. The second-order valence-corrected chi connectivity index (χ2v) is 2.12. The molecule has 1 rings (SSSR count). The van der Waals surface area contributed by atoms with E-state index in [1.165, 1.54) is 6.20 Å². The lowest BCUT2D eigenvalue weighted by Gasteiger charge is -1.87. The molecule has 1 N–H and O–H groups in total. The third-order valence-electron chi connectivity index (χ3n) is 1.34. The van der Waals surface area contributed by atoms with Crippen LogP contribution in [0.1, 0.15) is 25.1 Å². The van der Waals surface area contributed by atoms with Crippen LogP contribution in [0.4, 0.5) is 5.69 Å². The van der Waals surface area contributed by atoms with Gasteiger partial charge in [0.05, 0.1) is 0 Å². The molecule has 0 aliphatic carbocycles. The minimum Gasteiger partial charge on any atom is -0.200 e. The Labute approximate surface area is 77.2 Å². The van der Waals surface area contributed by atoms with Gasteiger partial charge in [-0.1, -0.05) is 13.8 Å². The first-order valence-electron chi connectivity index (χ1n) is 4.03. The van der Waals surface area contributed by atoms with Crippen LogP contribution in [-0.2, 0) is 0 Å². The summed E-state index contributed by atoms with van der Waals surface area (Å²) in [6.07, 6.45) is 1.40. The topological polar surface area (TPSA) is 67.4 Å². The van der Waals surface area contributed by atoms with Crippen LogP contribution in [0.2, 0.25) is 0 Å². The molecule has 0 aliphatic rings. The molecule has 1 aromatic heterocycles. The summed E-state index contributed by atoms with van der Waals surface area (Å²) in [5.74, 6) is 0. The molecule has 1 aromatic rings. The van der Waals surface area contributed by atoms with E-state index in [0.717, 1.165) is 5.56 Å². The number of rotatable bonds is 1. The minimum atomic E-state index is 0.307. The summed E-state index contributed by atoms with van der Waals surface area (Å²) in [5, 5.41) is 11.2. The third kappa shape index (κ3) is 2.99. The lowest BCUT2D eigenvalue weighted by Crippen LogP contribution is -2.08. The molecule has 0 saturated carbocycles. The highest BCUT2D eigenvalue weighted by molar-refractivity contribution is 5.38. The van der Waals surface area contributed by atoms with Crippen molar-refractivity contribution in [2.24, 2.45) is 5.18 Å². The number of nitriles is 1. The van der Waals surface area contributed by atoms with Gasteiger partial charge in [-0.2, -0.15) is 5.26 Å². The fourth-order valence-corrected chi connectivity index (χ4v) is 0.769. The van der Waals surface area contributed by atoms with E-state index in [-0.39, 0.29) is 0 Å². The number of aryl methyl sites for hydroxylation is 1. The van der Waals surface area contributed by atoms with Gasteiger partial charge in [0.15, 0.2) is 18.0 Å². The lowest BCUT2D eigenvalue weighted by atomic mass is 10.2. The Morgan fingerprint density at radius 1 is 1.54 bits per heavy atom. The fourth-order valence-electron chi connectivity index (χ4n) is 0.769. The van der Waals surface area contributed by atoms with Gasteiger partial charge in [0.25, 0.3) is 5.69 Å². The molecule has 0 aromatic carbocycles. The van der Waals surface area contributed by atoms with Crippen LogP contribution < -0.4 is 4.98 Å². The largest absolute Gasteiger partial charge is 0.284 e. The van der Waals surface area contributed by atoms with Crippen molar-refractivity contribution in [3.05, 3.63) is 28.4 Å². The molecule has 13 heavy (non-hydrogen) atoms. The van der Waals surface area contributed by atoms with Gasteiger partial charge in [0.2, 0.25) is 0 Å². The molecule has 0 aliphatic heterocycles. The average Bonchev–Trinajstić information content (AvgIpc) is 2.20. The van der Waals surface area contributed by atoms with E-state index in [1.54, 1.807) is 13.0 Å². The number of hydrogen-bond donors (Lipinski definition) is 0. The molecule has 4 nitrogen and oxygen atoms in total. The monoisotopic (exact) mass is 178 g/mol. The van der Waals surface area contributed by atoms with Crippen molar-refractivity contribution in [1.29, 1.82) is 5.26 Å². The van der Waals surface area contributed by atoms with Gasteiger partial charge in [-0.15, -0.1) is 4.91 Å². The fraction of sp³-hybridized carbons (Fsp3) is 0.333. The van der Waals surface area contributed by atoms with Gasteiger partial charge in [-0.05, 0) is 18.2 Å². The molecule has 0 atom stereocenters. The van der Waals surface area contributed by atoms with Gasteiger partial charge in [-0.25, -0.2) is 4.98 Å². The maximum atomic E-state index is 10.0. The van der Waals surface area contributed by atoms with E-state index in [2.05, 4.69) is 10.2 Å². The quantitative estimate of drug-likeness (QED) is 0.618. The summed E-state index contributed by atoms with van der Waals surface area (Å²) < 4.78 is 0. The normalized spacial score (nSPS) is 7.85. The average molecular weight is 178 g/mol. The Bertz CT molecular complexity index is 328. The van der Waals surface area contributed by atoms with Gasteiger partial charge in [0.1, 0.15) is 0 Å². The summed E-state index contributed by atoms with van der Waals surface area (Å²) in [6, 6.07) is 3.50. The van der Waals surface area contributed by atoms with Crippen molar-refractivity contribution in [2.45, 2.75) is 20.8 Å². The predicted octanol–water partition coefficient (Wildman–Crippen LogP) is 2.10. The Hall–Kier alpha value is -1.76. The maximum absolute atomic E-state index is 10.0. The second kappa shape index (κ2) is 5.84. The predicted molar refractivity (Wildman–Crippen MR) is 49.3 cm³/mol. The Morgan fingerprint density at radius 2 is 2.15 bits per heavy atom. The van der Waals surface area contributed by atoms with E-state index in [9.17, 15) is 4.91 Å². The second-order valence-electron chi connectivity index (χ2n) is 2.12. The van der Waals surface area contributed by atoms with Crippen molar-refractivity contribution in [1.82, 2.24) is 0 Å². The number of nitroso groups, excluding NO2 is 1. The molecule has 4 heteroatoms. The first kappa shape index (κ1) is 11.2. The highest BCUT2D eigenvalue weighted by Crippen LogP contribution is 2.10. The molecule has 0 radical (unpaired) electrons. The molecule has 0 unspecified atom stereocenters. The zero-order chi connectivity index (χ0) is 10.3. The number of nitrogens with one attached hydrogen (secondary N) is 1. The number of nitrogens with zero attached hydrogens (tertiary/aromatic N) is 2. The first-order valence-corrected chi connectivity index (χ1v) is 4.03. The number of hydrogen-bond acceptors (Lipinski definition) is 3. The highest BCUT2D eigenvalue weighted by atomic mass is 16.3. The summed E-state index contributed by atoms with van der Waals surface area (Å²) in [6.45, 7) is 5.74. The Balaban J connectivity index is 0.000000671. The van der Waals surface area contributed by atoms with Crippen molar-refractivity contribution in [3.8, 4) is 6.07 Å². The molecule has 1 heterocycles. The zero-order valence-electron chi connectivity index (χ0n) is 7.96. The van der Waals surface area contributed by atoms with E-state index in [0.29, 0.717) is 11.4 Å². The smallest absolute Gasteiger partial charge is 0.200 e. The highest BCUT2D eigenvalue weighted by Gasteiger charge is 2.05. The van der Waals surface area contributed by atoms with Crippen molar-refractivity contribution >= 4 is 5.69 Å². The standard InChI is InChI=1S/C7H5N3O.C2H6/c1-5-2-6(10-11)4-9-7(5)3-8;1-2/h2,4H,1H3;1-2H3/p+1. The molecular formula is C9H12N3O+. The molecule has 0 fully saturated rings. The van der Waals surface area contributed by atoms with Crippen LogP contribution in [0.15, 0.2) is 17.4 Å². The SMILES string of the molecule is CC.Cc1cc(N=O)c[nH+]c1C#N. The number of aromatic nitrogens is 1. The Morgan fingerprint density at radius 3 is 2.54 bits per heavy atom. The van der Waals surface area contributed by atoms with Crippen molar-refractivity contribution in [2.75, 3.05) is 0 Å². The van der Waals surface area contributed by atoms with Crippen molar-refractivity contribution in [3.63, 3.8) is 0 Å². The van der Waals surface area contributed by atoms with E-state index in [1.807, 2.05) is 19.9 Å². The van der Waals surface area contributed by atoms with Gasteiger partial charge >= 0.3 is 0 Å². The van der Waals surface area contributed by atoms with Crippen LogP contribution in [0.3, 0.4) is 0 Å². The van der Waals surface area contributed by atoms with Crippen LogP contribution in [0.25, 0.3) is 0 Å². The molecule has 0 amide bonds. The summed E-state index contributed by atoms with van der Waals surface area (Å²) in [7, 11) is 0. The van der Waals surface area contributed by atoms with Crippen LogP contribution in [0, 0.1) is 23.2 Å². The minimum absolute atomic E-state index is 0.307. The van der Waals surface area contributed by atoms with Crippen LogP contribution in [-0.4, -0.2) is 0 Å². The summed E-state index contributed by atoms with van der Waals surface area (Å²) >= 11 is 0. The van der Waals surface area contributed by atoms with Crippen molar-refractivity contribution < 1.29 is 4.98 Å². The molecule has 0 saturated heterocycles. The van der Waals surface area contributed by atoms with E-state index in [4.69, 9.17) is 5.26 Å². The summed E-state index contributed by atoms with van der Waals surface area (Å²) in [4.78, 5) is 12.7. The first-order chi connectivity index (χ1) is 6.27. The number of aromatic amines is 1. The molecule has 0 bridgehead atoms. The lowest BCUT2D eigenvalue weighted by molar-refractivity contribution is -0.381. The van der Waals surface area contributed by atoms with E-state index < -0.39 is 0 Å². The Kier molecular flexibility index (Phi) is 5.05. The maximum Gasteiger partial charge on any atom is 0.284 e. The van der Waals surface area contributed by atoms with Gasteiger partial charge in [-0.3, -0.25) is 0 Å². The third-order valence-corrected chi connectivity index (χ3v) is 1.34. The van der Waals surface area contributed by atoms with Crippen LogP contribution >= 0.6 is 0 Å². The molecular weight excluding hydrogens is 166 g/mol. The summed E-state index contributed by atoms with van der Waals surface area (Å²) in [5.41, 5.74) is 1.49. The van der Waals surface area contributed by atoms with Crippen LogP contribution in [0.5, 0.6) is 0 Å². The zero-order valence-corrected chi connectivity index (χ0v) is 7.96. The van der Waals surface area contributed by atoms with Gasteiger partial charge < -0.3 is 0 Å². The number of pyridine rings is 1.